The van der Waals surface area contributed by atoms with Crippen molar-refractivity contribution in [1.29, 1.82) is 0 Å². The van der Waals surface area contributed by atoms with Crippen LogP contribution in [0.4, 0.5) is 0 Å². The molecule has 0 aliphatic carbocycles. The lowest BCUT2D eigenvalue weighted by Gasteiger charge is -2.13. The predicted octanol–water partition coefficient (Wildman–Crippen LogP) is 4.35. The molecule has 0 spiro atoms. The molecule has 0 unspecified atom stereocenters. The van der Waals surface area contributed by atoms with E-state index in [-0.39, 0.29) is 6.04 Å². The van der Waals surface area contributed by atoms with Crippen LogP contribution < -0.4 is 0 Å². The highest BCUT2D eigenvalue weighted by Crippen LogP contribution is 2.30. The van der Waals surface area contributed by atoms with Crippen LogP contribution in [0, 0.1) is 18.6 Å². The molecule has 108 valence electrons. The Hall–Kier alpha value is -2.01. The van der Waals surface area contributed by atoms with E-state index in [0.29, 0.717) is 4.77 Å². The molecule has 0 atom stereocenters. The number of pyridine rings is 1. The van der Waals surface area contributed by atoms with Crippen LogP contribution >= 0.6 is 12.2 Å². The van der Waals surface area contributed by atoms with Gasteiger partial charge in [0.05, 0.1) is 5.52 Å². The number of benzene rings is 1. The lowest BCUT2D eigenvalue weighted by Crippen LogP contribution is -2.04. The molecule has 0 fully saturated rings. The molecule has 21 heavy (non-hydrogen) atoms. The third kappa shape index (κ3) is 2.27. The van der Waals surface area contributed by atoms with Crippen molar-refractivity contribution >= 4 is 23.1 Å². The van der Waals surface area contributed by atoms with Crippen molar-refractivity contribution in [2.24, 2.45) is 0 Å². The fourth-order valence-electron chi connectivity index (χ4n) is 2.68. The van der Waals surface area contributed by atoms with Gasteiger partial charge in [-0.1, -0.05) is 18.2 Å². The van der Waals surface area contributed by atoms with E-state index < -0.39 is 0 Å². The Kier molecular flexibility index (Phi) is 3.37. The molecule has 0 bridgehead atoms. The summed E-state index contributed by atoms with van der Waals surface area (Å²) in [7, 11) is 0. The minimum atomic E-state index is 0.250. The lowest BCUT2D eigenvalue weighted by molar-refractivity contribution is 0.597. The molecule has 1 N–H and O–H groups in total. The molecule has 5 heteroatoms. The van der Waals surface area contributed by atoms with Crippen molar-refractivity contribution in [1.82, 2.24) is 19.7 Å². The Morgan fingerprint density at radius 2 is 2.00 bits per heavy atom. The van der Waals surface area contributed by atoms with Crippen molar-refractivity contribution in [3.8, 4) is 11.4 Å². The van der Waals surface area contributed by atoms with E-state index in [9.17, 15) is 0 Å². The van der Waals surface area contributed by atoms with Crippen LogP contribution in [0.15, 0.2) is 24.3 Å². The minimum absolute atomic E-state index is 0.250. The van der Waals surface area contributed by atoms with Crippen molar-refractivity contribution in [3.05, 3.63) is 40.3 Å². The zero-order valence-electron chi connectivity index (χ0n) is 12.6. The number of hydrogen-bond donors (Lipinski definition) is 1. The number of fused-ring (bicyclic) bond motifs is 1. The van der Waals surface area contributed by atoms with Gasteiger partial charge in [-0.3, -0.25) is 14.6 Å². The molecular weight excluding hydrogens is 280 g/mol. The molecule has 0 amide bonds. The zero-order chi connectivity index (χ0) is 15.1. The van der Waals surface area contributed by atoms with E-state index in [1.54, 1.807) is 0 Å². The zero-order valence-corrected chi connectivity index (χ0v) is 13.5. The third-order valence-corrected chi connectivity index (χ3v) is 3.92. The second-order valence-electron chi connectivity index (χ2n) is 5.60. The molecule has 4 nitrogen and oxygen atoms in total. The number of H-pyrrole nitrogens is 1. The summed E-state index contributed by atoms with van der Waals surface area (Å²) in [5.74, 6) is 0.871. The second-order valence-corrected chi connectivity index (χ2v) is 5.99. The molecule has 3 rings (SSSR count). The standard InChI is InChI=1S/C16H18N4S/c1-9(2)20-15(18-19-16(20)21)13-8-11(4)17-14-10(3)6-5-7-12(13)14/h5-9H,1-4H3,(H,19,21). The van der Waals surface area contributed by atoms with Gasteiger partial charge in [-0.05, 0) is 51.5 Å². The van der Waals surface area contributed by atoms with Gasteiger partial charge in [0.25, 0.3) is 0 Å². The first-order chi connectivity index (χ1) is 9.99. The molecule has 2 aromatic heterocycles. The smallest absolute Gasteiger partial charge is 0.195 e. The van der Waals surface area contributed by atoms with Crippen molar-refractivity contribution in [3.63, 3.8) is 0 Å². The Bertz CT molecular complexity index is 874. The van der Waals surface area contributed by atoms with Gasteiger partial charge < -0.3 is 0 Å². The Labute approximate surface area is 128 Å². The maximum Gasteiger partial charge on any atom is 0.195 e. The molecular formula is C16H18N4S. The molecule has 0 saturated heterocycles. The number of nitrogens with one attached hydrogen (secondary N) is 1. The minimum Gasteiger partial charge on any atom is -0.298 e. The van der Waals surface area contributed by atoms with Crippen LogP contribution in [0.1, 0.15) is 31.1 Å². The summed E-state index contributed by atoms with van der Waals surface area (Å²) >= 11 is 5.36. The summed E-state index contributed by atoms with van der Waals surface area (Å²) in [4.78, 5) is 4.67. The van der Waals surface area contributed by atoms with E-state index >= 15 is 0 Å². The fourth-order valence-corrected chi connectivity index (χ4v) is 3.02. The first-order valence-electron chi connectivity index (χ1n) is 7.03. The van der Waals surface area contributed by atoms with Crippen LogP contribution in [-0.4, -0.2) is 19.7 Å². The highest BCUT2D eigenvalue weighted by molar-refractivity contribution is 7.71. The average molecular weight is 298 g/mol. The van der Waals surface area contributed by atoms with E-state index in [2.05, 4.69) is 60.2 Å². The number of aromatic nitrogens is 4. The van der Waals surface area contributed by atoms with Crippen LogP contribution in [-0.2, 0) is 0 Å². The maximum absolute atomic E-state index is 5.36. The predicted molar refractivity (Wildman–Crippen MR) is 88.0 cm³/mol. The second kappa shape index (κ2) is 5.07. The first-order valence-corrected chi connectivity index (χ1v) is 7.44. The third-order valence-electron chi connectivity index (χ3n) is 3.63. The topological polar surface area (TPSA) is 46.5 Å². The van der Waals surface area contributed by atoms with Gasteiger partial charge in [0.15, 0.2) is 10.6 Å². The Morgan fingerprint density at radius 1 is 1.24 bits per heavy atom. The molecule has 0 aliphatic heterocycles. The summed E-state index contributed by atoms with van der Waals surface area (Å²) in [5, 5.41) is 8.47. The van der Waals surface area contributed by atoms with Gasteiger partial charge in [0.2, 0.25) is 0 Å². The molecule has 0 aliphatic rings. The molecule has 1 aromatic carbocycles. The lowest BCUT2D eigenvalue weighted by atomic mass is 10.0. The van der Waals surface area contributed by atoms with Crippen LogP contribution in [0.3, 0.4) is 0 Å². The number of hydrogen-bond acceptors (Lipinski definition) is 3. The summed E-state index contributed by atoms with van der Waals surface area (Å²) in [6, 6.07) is 8.55. The van der Waals surface area contributed by atoms with E-state index in [0.717, 1.165) is 28.0 Å². The monoisotopic (exact) mass is 298 g/mol. The average Bonchev–Trinajstić information content (AvgIpc) is 2.81. The number of rotatable bonds is 2. The van der Waals surface area contributed by atoms with Crippen LogP contribution in [0.25, 0.3) is 22.3 Å². The van der Waals surface area contributed by atoms with Crippen molar-refractivity contribution < 1.29 is 0 Å². The highest BCUT2D eigenvalue weighted by Gasteiger charge is 2.15. The Morgan fingerprint density at radius 3 is 2.71 bits per heavy atom. The van der Waals surface area contributed by atoms with Crippen molar-refractivity contribution in [2.45, 2.75) is 33.7 Å². The van der Waals surface area contributed by atoms with Gasteiger partial charge >= 0.3 is 0 Å². The molecule has 0 radical (unpaired) electrons. The summed E-state index contributed by atoms with van der Waals surface area (Å²) < 4.78 is 2.70. The number of aryl methyl sites for hydroxylation is 2. The van der Waals surface area contributed by atoms with Crippen molar-refractivity contribution in [2.75, 3.05) is 0 Å². The van der Waals surface area contributed by atoms with Gasteiger partial charge in [0.1, 0.15) is 0 Å². The number of aromatic amines is 1. The maximum atomic E-state index is 5.36. The first kappa shape index (κ1) is 13.9. The molecule has 0 saturated carbocycles. The highest BCUT2D eigenvalue weighted by atomic mass is 32.1. The molecule has 2 heterocycles. The summed E-state index contributed by atoms with van der Waals surface area (Å²) in [6.45, 7) is 8.31. The van der Waals surface area contributed by atoms with Crippen LogP contribution in [0.2, 0.25) is 0 Å². The summed E-state index contributed by atoms with van der Waals surface area (Å²) in [5.41, 5.74) is 4.25. The fraction of sp³-hybridized carbons (Fsp3) is 0.312. The molecule has 3 aromatic rings. The normalized spacial score (nSPS) is 11.5. The van der Waals surface area contributed by atoms with Gasteiger partial charge in [0, 0.05) is 22.7 Å². The number of para-hydroxylation sites is 1. The van der Waals surface area contributed by atoms with E-state index in [1.165, 1.54) is 5.56 Å². The van der Waals surface area contributed by atoms with Crippen LogP contribution in [0.5, 0.6) is 0 Å². The van der Waals surface area contributed by atoms with Gasteiger partial charge in [-0.15, -0.1) is 0 Å². The quantitative estimate of drug-likeness (QED) is 0.715. The number of nitrogens with zero attached hydrogens (tertiary/aromatic N) is 3. The summed E-state index contributed by atoms with van der Waals surface area (Å²) in [6.07, 6.45) is 0. The van der Waals surface area contributed by atoms with Gasteiger partial charge in [-0.2, -0.15) is 5.10 Å². The largest absolute Gasteiger partial charge is 0.298 e. The van der Waals surface area contributed by atoms with Gasteiger partial charge in [-0.25, -0.2) is 0 Å². The Balaban J connectivity index is 2.41. The van der Waals surface area contributed by atoms with E-state index in [1.807, 2.05) is 11.5 Å². The SMILES string of the molecule is Cc1cc(-c2n[nH]c(=S)n2C(C)C)c2cccc(C)c2n1. The van der Waals surface area contributed by atoms with E-state index in [4.69, 9.17) is 12.2 Å².